The minimum atomic E-state index is -0.630. The van der Waals surface area contributed by atoms with Crippen LogP contribution in [-0.2, 0) is 22.6 Å². The highest BCUT2D eigenvalue weighted by atomic mass is 16.5. The molecule has 0 radical (unpaired) electrons. The maximum atomic E-state index is 10.7. The summed E-state index contributed by atoms with van der Waals surface area (Å²) >= 11 is 0. The third-order valence-electron chi connectivity index (χ3n) is 5.78. The van der Waals surface area contributed by atoms with Gasteiger partial charge in [-0.15, -0.1) is 0 Å². The average molecular weight is 456 g/mol. The lowest BCUT2D eigenvalue weighted by atomic mass is 10.1. The lowest BCUT2D eigenvalue weighted by Crippen LogP contribution is -2.40. The number of furan rings is 1. The largest absolute Gasteiger partial charge is 0.467 e. The number of aromatic nitrogens is 1. The van der Waals surface area contributed by atoms with Crippen LogP contribution in [0.15, 0.2) is 57.7 Å². The molecule has 1 aromatic carbocycles. The Labute approximate surface area is 194 Å². The number of aliphatic hydroxyl groups excluding tert-OH is 1. The molecule has 0 aliphatic carbocycles. The maximum Gasteiger partial charge on any atom is 0.232 e. The van der Waals surface area contributed by atoms with Gasteiger partial charge >= 0.3 is 0 Å². The van der Waals surface area contributed by atoms with E-state index in [1.165, 1.54) is 0 Å². The number of rotatable bonds is 11. The van der Waals surface area contributed by atoms with Crippen LogP contribution in [0.3, 0.4) is 0 Å². The standard InChI is InChI=1S/C25H33N3O5/c1-19(2)28(15-21(29)17-31-18-22-9-6-12-32-22)16-23-24(20-7-4-3-5-8-20)26-33-25(23)27-10-13-30-14-11-27/h3-9,12,19,21,29H,10-11,13-18H2,1-2H3/t21-/m1/s1. The number of ether oxygens (including phenoxy) is 2. The summed E-state index contributed by atoms with van der Waals surface area (Å²) in [6.07, 6.45) is 0.986. The highest BCUT2D eigenvalue weighted by molar-refractivity contribution is 5.68. The molecule has 1 fully saturated rings. The third-order valence-corrected chi connectivity index (χ3v) is 5.78. The van der Waals surface area contributed by atoms with E-state index in [4.69, 9.17) is 18.4 Å². The number of hydrogen-bond acceptors (Lipinski definition) is 8. The van der Waals surface area contributed by atoms with Gasteiger partial charge in [0.25, 0.3) is 0 Å². The predicted octanol–water partition coefficient (Wildman–Crippen LogP) is 3.56. The van der Waals surface area contributed by atoms with Crippen molar-refractivity contribution in [1.29, 1.82) is 0 Å². The summed E-state index contributed by atoms with van der Waals surface area (Å²) in [6.45, 7) is 8.77. The van der Waals surface area contributed by atoms with Gasteiger partial charge in [0.1, 0.15) is 18.1 Å². The summed E-state index contributed by atoms with van der Waals surface area (Å²) in [6, 6.07) is 14.0. The number of hydrogen-bond donors (Lipinski definition) is 1. The number of benzene rings is 1. The van der Waals surface area contributed by atoms with Crippen molar-refractivity contribution in [2.75, 3.05) is 44.4 Å². The molecule has 8 nitrogen and oxygen atoms in total. The molecule has 0 spiro atoms. The van der Waals surface area contributed by atoms with Crippen LogP contribution < -0.4 is 4.90 Å². The Hall–Kier alpha value is -2.65. The van der Waals surface area contributed by atoms with Gasteiger partial charge in [-0.05, 0) is 26.0 Å². The van der Waals surface area contributed by atoms with Crippen molar-refractivity contribution < 1.29 is 23.5 Å². The predicted molar refractivity (Wildman–Crippen MR) is 125 cm³/mol. The molecule has 0 bridgehead atoms. The normalized spacial score (nSPS) is 15.5. The van der Waals surface area contributed by atoms with Gasteiger partial charge in [0.15, 0.2) is 0 Å². The second kappa shape index (κ2) is 11.5. The molecule has 33 heavy (non-hydrogen) atoms. The summed E-state index contributed by atoms with van der Waals surface area (Å²) in [5.74, 6) is 1.53. The number of aliphatic hydroxyl groups is 1. The number of morpholine rings is 1. The SMILES string of the molecule is CC(C)N(Cc1c(-c2ccccc2)noc1N1CCOCC1)C[C@@H](O)COCc1ccco1. The van der Waals surface area contributed by atoms with E-state index in [2.05, 4.69) is 28.8 Å². The first-order chi connectivity index (χ1) is 16.1. The molecule has 3 heterocycles. The van der Waals surface area contributed by atoms with E-state index in [0.29, 0.717) is 32.9 Å². The van der Waals surface area contributed by atoms with Crippen molar-refractivity contribution in [3.05, 3.63) is 60.1 Å². The van der Waals surface area contributed by atoms with E-state index in [-0.39, 0.29) is 12.6 Å². The highest BCUT2D eigenvalue weighted by Gasteiger charge is 2.27. The summed E-state index contributed by atoms with van der Waals surface area (Å²) in [5.41, 5.74) is 2.88. The Morgan fingerprint density at radius 1 is 1.12 bits per heavy atom. The van der Waals surface area contributed by atoms with Gasteiger partial charge in [-0.3, -0.25) is 4.90 Å². The Morgan fingerprint density at radius 3 is 2.61 bits per heavy atom. The molecule has 1 N–H and O–H groups in total. The lowest BCUT2D eigenvalue weighted by molar-refractivity contribution is -0.00115. The Kier molecular flexibility index (Phi) is 8.17. The molecule has 2 aromatic heterocycles. The van der Waals surface area contributed by atoms with E-state index in [1.807, 2.05) is 42.5 Å². The van der Waals surface area contributed by atoms with E-state index in [0.717, 1.165) is 41.6 Å². The molecule has 1 aliphatic rings. The molecule has 1 atom stereocenters. The Morgan fingerprint density at radius 2 is 1.91 bits per heavy atom. The fourth-order valence-electron chi connectivity index (χ4n) is 3.96. The van der Waals surface area contributed by atoms with E-state index in [9.17, 15) is 5.11 Å². The molecule has 4 rings (SSSR count). The van der Waals surface area contributed by atoms with Crippen molar-refractivity contribution in [3.63, 3.8) is 0 Å². The molecule has 8 heteroatoms. The smallest absolute Gasteiger partial charge is 0.232 e. The van der Waals surface area contributed by atoms with E-state index in [1.54, 1.807) is 6.26 Å². The first kappa shape index (κ1) is 23.5. The minimum absolute atomic E-state index is 0.209. The molecule has 178 valence electrons. The van der Waals surface area contributed by atoms with E-state index < -0.39 is 6.10 Å². The van der Waals surface area contributed by atoms with Crippen LogP contribution in [0.5, 0.6) is 0 Å². The second-order valence-corrected chi connectivity index (χ2v) is 8.55. The molecule has 3 aromatic rings. The van der Waals surface area contributed by atoms with Crippen molar-refractivity contribution in [3.8, 4) is 11.3 Å². The van der Waals surface area contributed by atoms with Gasteiger partial charge in [0.2, 0.25) is 5.88 Å². The van der Waals surface area contributed by atoms with Crippen molar-refractivity contribution in [2.24, 2.45) is 0 Å². The first-order valence-corrected chi connectivity index (χ1v) is 11.5. The monoisotopic (exact) mass is 455 g/mol. The molecular weight excluding hydrogens is 422 g/mol. The van der Waals surface area contributed by atoms with Crippen LogP contribution >= 0.6 is 0 Å². The molecule has 0 saturated carbocycles. The minimum Gasteiger partial charge on any atom is -0.467 e. The molecule has 1 saturated heterocycles. The maximum absolute atomic E-state index is 10.7. The quantitative estimate of drug-likeness (QED) is 0.470. The molecular formula is C25H33N3O5. The molecule has 0 amide bonds. The summed E-state index contributed by atoms with van der Waals surface area (Å²) in [4.78, 5) is 4.42. The Balaban J connectivity index is 1.49. The van der Waals surface area contributed by atoms with E-state index >= 15 is 0 Å². The van der Waals surface area contributed by atoms with Crippen molar-refractivity contribution in [1.82, 2.24) is 10.1 Å². The first-order valence-electron chi connectivity index (χ1n) is 11.5. The van der Waals surface area contributed by atoms with Crippen molar-refractivity contribution >= 4 is 5.88 Å². The Bertz CT molecular complexity index is 952. The summed E-state index contributed by atoms with van der Waals surface area (Å²) in [7, 11) is 0. The highest BCUT2D eigenvalue weighted by Crippen LogP contribution is 2.33. The van der Waals surface area contributed by atoms with Crippen molar-refractivity contribution in [2.45, 2.75) is 39.1 Å². The zero-order valence-electron chi connectivity index (χ0n) is 19.4. The van der Waals surface area contributed by atoms with Gasteiger partial charge in [-0.2, -0.15) is 0 Å². The van der Waals surface area contributed by atoms with Gasteiger partial charge in [0.05, 0.1) is 37.8 Å². The zero-order valence-corrected chi connectivity index (χ0v) is 19.4. The second-order valence-electron chi connectivity index (χ2n) is 8.55. The fraction of sp³-hybridized carbons (Fsp3) is 0.480. The van der Waals surface area contributed by atoms with Crippen LogP contribution in [-0.4, -0.2) is 66.8 Å². The third kappa shape index (κ3) is 6.23. The fourth-order valence-corrected chi connectivity index (χ4v) is 3.96. The van der Waals surface area contributed by atoms with Crippen LogP contribution in [0.4, 0.5) is 5.88 Å². The van der Waals surface area contributed by atoms with Crippen LogP contribution in [0.2, 0.25) is 0 Å². The zero-order chi connectivity index (χ0) is 23.0. The van der Waals surface area contributed by atoms with Gasteiger partial charge in [-0.25, -0.2) is 0 Å². The summed E-state index contributed by atoms with van der Waals surface area (Å²) in [5, 5.41) is 15.1. The van der Waals surface area contributed by atoms with Gasteiger partial charge < -0.3 is 28.4 Å². The summed E-state index contributed by atoms with van der Waals surface area (Å²) < 4.78 is 22.3. The average Bonchev–Trinajstić information content (AvgIpc) is 3.50. The topological polar surface area (TPSA) is 84.3 Å². The molecule has 1 aliphatic heterocycles. The number of anilines is 1. The molecule has 0 unspecified atom stereocenters. The lowest BCUT2D eigenvalue weighted by Gasteiger charge is -2.31. The van der Waals surface area contributed by atoms with Crippen LogP contribution in [0, 0.1) is 0 Å². The van der Waals surface area contributed by atoms with Gasteiger partial charge in [0, 0.05) is 37.8 Å². The number of nitrogens with zero attached hydrogens (tertiary/aromatic N) is 3. The van der Waals surface area contributed by atoms with Gasteiger partial charge in [-0.1, -0.05) is 35.5 Å². The van der Waals surface area contributed by atoms with Crippen LogP contribution in [0.1, 0.15) is 25.2 Å². The van der Waals surface area contributed by atoms with Crippen LogP contribution in [0.25, 0.3) is 11.3 Å².